The van der Waals surface area contributed by atoms with E-state index in [4.69, 9.17) is 9.47 Å². The van der Waals surface area contributed by atoms with E-state index in [2.05, 4.69) is 10.6 Å². The molecule has 2 amide bonds. The van der Waals surface area contributed by atoms with Gasteiger partial charge in [0.2, 0.25) is 6.79 Å². The van der Waals surface area contributed by atoms with Crippen LogP contribution in [0.3, 0.4) is 0 Å². The third kappa shape index (κ3) is 3.62. The second kappa shape index (κ2) is 6.04. The molecule has 0 aliphatic carbocycles. The Kier molecular flexibility index (Phi) is 4.10. The van der Waals surface area contributed by atoms with Gasteiger partial charge in [0.05, 0.1) is 11.5 Å². The van der Waals surface area contributed by atoms with Gasteiger partial charge >= 0.3 is 6.03 Å². The lowest BCUT2D eigenvalue weighted by molar-refractivity contribution is 0.174. The van der Waals surface area contributed by atoms with Crippen molar-refractivity contribution in [3.63, 3.8) is 0 Å². The second-order valence-corrected chi connectivity index (χ2v) is 7.75. The molecule has 22 heavy (non-hydrogen) atoms. The van der Waals surface area contributed by atoms with E-state index >= 15 is 0 Å². The summed E-state index contributed by atoms with van der Waals surface area (Å²) in [5.74, 6) is 1.78. The van der Waals surface area contributed by atoms with E-state index in [0.29, 0.717) is 31.0 Å². The molecule has 2 aliphatic rings. The van der Waals surface area contributed by atoms with E-state index in [-0.39, 0.29) is 30.2 Å². The summed E-state index contributed by atoms with van der Waals surface area (Å²) < 4.78 is 33.2. The first-order valence-corrected chi connectivity index (χ1v) is 8.95. The Morgan fingerprint density at radius 2 is 2.05 bits per heavy atom. The minimum atomic E-state index is -2.90. The standard InChI is InChI=1S/C14H18N2O5S/c17-14(16-7-11-3-4-22(18,19)8-11)15-6-10-1-2-12-13(5-10)21-9-20-12/h1-2,5,11H,3-4,6-9H2,(H2,15,16,17). The van der Waals surface area contributed by atoms with Gasteiger partial charge in [-0.15, -0.1) is 0 Å². The van der Waals surface area contributed by atoms with Gasteiger partial charge in [-0.1, -0.05) is 6.07 Å². The maximum absolute atomic E-state index is 11.7. The SMILES string of the molecule is O=C(NCc1ccc2c(c1)OCO2)NCC1CCS(=O)(=O)C1. The number of nitrogens with one attached hydrogen (secondary N) is 2. The van der Waals surface area contributed by atoms with Crippen molar-refractivity contribution >= 4 is 15.9 Å². The van der Waals surface area contributed by atoms with Gasteiger partial charge in [0.1, 0.15) is 0 Å². The first-order valence-electron chi connectivity index (χ1n) is 7.12. The Labute approximate surface area is 128 Å². The number of hydrogen-bond acceptors (Lipinski definition) is 5. The largest absolute Gasteiger partial charge is 0.454 e. The van der Waals surface area contributed by atoms with Crippen LogP contribution < -0.4 is 20.1 Å². The lowest BCUT2D eigenvalue weighted by Gasteiger charge is -2.11. The molecule has 2 heterocycles. The Morgan fingerprint density at radius 1 is 1.23 bits per heavy atom. The van der Waals surface area contributed by atoms with E-state index in [1.54, 1.807) is 6.07 Å². The zero-order valence-corrected chi connectivity index (χ0v) is 12.8. The molecule has 1 saturated heterocycles. The summed E-state index contributed by atoms with van der Waals surface area (Å²) in [6.45, 7) is 0.967. The number of ether oxygens (including phenoxy) is 2. The van der Waals surface area contributed by atoms with Crippen molar-refractivity contribution in [3.8, 4) is 11.5 Å². The van der Waals surface area contributed by atoms with Crippen LogP contribution in [0.4, 0.5) is 4.79 Å². The summed E-state index contributed by atoms with van der Waals surface area (Å²) in [7, 11) is -2.90. The number of rotatable bonds is 4. The topological polar surface area (TPSA) is 93.7 Å². The van der Waals surface area contributed by atoms with Gasteiger partial charge < -0.3 is 20.1 Å². The summed E-state index contributed by atoms with van der Waals surface area (Å²) in [4.78, 5) is 11.7. The van der Waals surface area contributed by atoms with Gasteiger partial charge in [0.15, 0.2) is 21.3 Å². The maximum Gasteiger partial charge on any atom is 0.315 e. The van der Waals surface area contributed by atoms with Crippen LogP contribution in [0.5, 0.6) is 11.5 Å². The highest BCUT2D eigenvalue weighted by atomic mass is 32.2. The third-order valence-electron chi connectivity index (χ3n) is 3.77. The maximum atomic E-state index is 11.7. The third-order valence-corrected chi connectivity index (χ3v) is 5.61. The quantitative estimate of drug-likeness (QED) is 0.847. The molecule has 120 valence electrons. The van der Waals surface area contributed by atoms with Crippen molar-refractivity contribution in [2.45, 2.75) is 13.0 Å². The monoisotopic (exact) mass is 326 g/mol. The zero-order valence-electron chi connectivity index (χ0n) is 12.0. The molecule has 1 fully saturated rings. The molecule has 0 saturated carbocycles. The molecule has 0 spiro atoms. The van der Waals surface area contributed by atoms with Gasteiger partial charge in [0, 0.05) is 13.1 Å². The smallest absolute Gasteiger partial charge is 0.315 e. The van der Waals surface area contributed by atoms with E-state index in [9.17, 15) is 13.2 Å². The van der Waals surface area contributed by atoms with Gasteiger partial charge in [-0.05, 0) is 30.0 Å². The van der Waals surface area contributed by atoms with Gasteiger partial charge in [-0.3, -0.25) is 0 Å². The number of hydrogen-bond donors (Lipinski definition) is 2. The minimum Gasteiger partial charge on any atom is -0.454 e. The van der Waals surface area contributed by atoms with Crippen molar-refractivity contribution in [2.24, 2.45) is 5.92 Å². The van der Waals surface area contributed by atoms with Crippen LogP contribution in [0.15, 0.2) is 18.2 Å². The summed E-state index contributed by atoms with van der Waals surface area (Å²) >= 11 is 0. The summed E-state index contributed by atoms with van der Waals surface area (Å²) in [5, 5.41) is 5.45. The molecule has 1 unspecified atom stereocenters. The zero-order chi connectivity index (χ0) is 15.6. The van der Waals surface area contributed by atoms with Gasteiger partial charge in [-0.25, -0.2) is 13.2 Å². The molecular weight excluding hydrogens is 308 g/mol. The van der Waals surface area contributed by atoms with Crippen molar-refractivity contribution in [3.05, 3.63) is 23.8 Å². The van der Waals surface area contributed by atoms with Crippen LogP contribution in [0.1, 0.15) is 12.0 Å². The predicted molar refractivity (Wildman–Crippen MR) is 79.6 cm³/mol. The Bertz CT molecular complexity index is 674. The average Bonchev–Trinajstić information content (AvgIpc) is 3.08. The summed E-state index contributed by atoms with van der Waals surface area (Å²) in [6, 6.07) is 5.19. The fourth-order valence-corrected chi connectivity index (χ4v) is 4.43. The molecule has 0 radical (unpaired) electrons. The van der Waals surface area contributed by atoms with Crippen molar-refractivity contribution in [2.75, 3.05) is 24.8 Å². The van der Waals surface area contributed by atoms with Crippen LogP contribution in [-0.2, 0) is 16.4 Å². The molecule has 2 N–H and O–H groups in total. The summed E-state index contributed by atoms with van der Waals surface area (Å²) in [5.41, 5.74) is 0.905. The van der Waals surface area contributed by atoms with Crippen LogP contribution in [-0.4, -0.2) is 39.3 Å². The van der Waals surface area contributed by atoms with Crippen molar-refractivity contribution in [1.82, 2.24) is 10.6 Å². The normalized spacial score (nSPS) is 21.5. The van der Waals surface area contributed by atoms with Crippen LogP contribution in [0.25, 0.3) is 0 Å². The Morgan fingerprint density at radius 3 is 2.82 bits per heavy atom. The van der Waals surface area contributed by atoms with Crippen LogP contribution in [0, 0.1) is 5.92 Å². The van der Waals surface area contributed by atoms with Crippen LogP contribution in [0.2, 0.25) is 0 Å². The molecule has 3 rings (SSSR count). The number of carbonyl (C=O) groups excluding carboxylic acids is 1. The first kappa shape index (κ1) is 15.0. The summed E-state index contributed by atoms with van der Waals surface area (Å²) in [6.07, 6.45) is 0.616. The predicted octanol–water partition coefficient (Wildman–Crippen LogP) is 0.649. The van der Waals surface area contributed by atoms with E-state index in [0.717, 1.165) is 5.56 Å². The molecule has 0 bridgehead atoms. The van der Waals surface area contributed by atoms with Gasteiger partial charge in [-0.2, -0.15) is 0 Å². The Balaban J connectivity index is 1.43. The molecular formula is C14H18N2O5S. The number of benzene rings is 1. The van der Waals surface area contributed by atoms with E-state index in [1.165, 1.54) is 0 Å². The first-order chi connectivity index (χ1) is 10.5. The van der Waals surface area contributed by atoms with Gasteiger partial charge in [0.25, 0.3) is 0 Å². The highest BCUT2D eigenvalue weighted by molar-refractivity contribution is 7.91. The lowest BCUT2D eigenvalue weighted by atomic mass is 10.1. The number of amides is 2. The minimum absolute atomic E-state index is 0.0151. The fourth-order valence-electron chi connectivity index (χ4n) is 2.57. The molecule has 2 aliphatic heterocycles. The number of sulfone groups is 1. The molecule has 8 heteroatoms. The molecule has 1 atom stereocenters. The van der Waals surface area contributed by atoms with E-state index < -0.39 is 9.84 Å². The average molecular weight is 326 g/mol. The molecule has 1 aromatic rings. The van der Waals surface area contributed by atoms with Crippen molar-refractivity contribution in [1.29, 1.82) is 0 Å². The number of carbonyl (C=O) groups is 1. The highest BCUT2D eigenvalue weighted by Crippen LogP contribution is 2.32. The number of urea groups is 1. The molecule has 0 aromatic heterocycles. The van der Waals surface area contributed by atoms with E-state index in [1.807, 2.05) is 12.1 Å². The molecule has 7 nitrogen and oxygen atoms in total. The fraction of sp³-hybridized carbons (Fsp3) is 0.500. The van der Waals surface area contributed by atoms with Crippen molar-refractivity contribution < 1.29 is 22.7 Å². The molecule has 1 aromatic carbocycles. The highest BCUT2D eigenvalue weighted by Gasteiger charge is 2.27. The Hall–Kier alpha value is -1.96. The lowest BCUT2D eigenvalue weighted by Crippen LogP contribution is -2.38. The second-order valence-electron chi connectivity index (χ2n) is 5.52. The van der Waals surface area contributed by atoms with Crippen LogP contribution >= 0.6 is 0 Å². The number of fused-ring (bicyclic) bond motifs is 1.